The van der Waals surface area contributed by atoms with Gasteiger partial charge >= 0.3 is 5.63 Å². The summed E-state index contributed by atoms with van der Waals surface area (Å²) >= 11 is 0. The van der Waals surface area contributed by atoms with E-state index >= 15 is 0 Å². The van der Waals surface area contributed by atoms with Crippen molar-refractivity contribution in [1.29, 1.82) is 0 Å². The van der Waals surface area contributed by atoms with Crippen molar-refractivity contribution in [3.63, 3.8) is 0 Å². The number of allylic oxidation sites excluding steroid dienone is 3. The monoisotopic (exact) mass is 388 g/mol. The van der Waals surface area contributed by atoms with Crippen LogP contribution in [0.15, 0.2) is 50.7 Å². The van der Waals surface area contributed by atoms with Crippen LogP contribution in [0.3, 0.4) is 0 Å². The van der Waals surface area contributed by atoms with Gasteiger partial charge in [-0.05, 0) is 51.8 Å². The molecular weight excluding hydrogens is 360 g/mol. The van der Waals surface area contributed by atoms with Crippen molar-refractivity contribution in [1.82, 2.24) is 0 Å². The molecular formula is C22H28O6. The van der Waals surface area contributed by atoms with Crippen LogP contribution in [0.2, 0.25) is 0 Å². The van der Waals surface area contributed by atoms with Gasteiger partial charge in [-0.25, -0.2) is 4.79 Å². The van der Waals surface area contributed by atoms with Gasteiger partial charge in [-0.1, -0.05) is 23.3 Å². The minimum absolute atomic E-state index is 0.000502. The molecule has 0 saturated carbocycles. The molecule has 0 bridgehead atoms. The van der Waals surface area contributed by atoms with Crippen molar-refractivity contribution in [2.75, 3.05) is 19.8 Å². The molecule has 6 nitrogen and oxygen atoms in total. The molecule has 2 rings (SSSR count). The second kappa shape index (κ2) is 10.6. The second-order valence-electron chi connectivity index (χ2n) is 6.80. The van der Waals surface area contributed by atoms with Crippen LogP contribution in [-0.2, 0) is 0 Å². The normalized spacial score (nSPS) is 11.5. The van der Waals surface area contributed by atoms with E-state index in [0.717, 1.165) is 18.4 Å². The fourth-order valence-corrected chi connectivity index (χ4v) is 2.64. The number of ether oxygens (including phenoxy) is 2. The van der Waals surface area contributed by atoms with Crippen LogP contribution in [0.4, 0.5) is 0 Å². The summed E-state index contributed by atoms with van der Waals surface area (Å²) in [5.74, 6) is -0.175. The maximum absolute atomic E-state index is 12.2. The molecule has 1 aromatic heterocycles. The van der Waals surface area contributed by atoms with Crippen LogP contribution in [0, 0.1) is 0 Å². The van der Waals surface area contributed by atoms with E-state index in [1.807, 2.05) is 13.0 Å². The van der Waals surface area contributed by atoms with Crippen molar-refractivity contribution in [2.45, 2.75) is 40.0 Å². The highest BCUT2D eigenvalue weighted by Crippen LogP contribution is 2.37. The summed E-state index contributed by atoms with van der Waals surface area (Å²) < 4.78 is 16.4. The zero-order chi connectivity index (χ0) is 20.5. The summed E-state index contributed by atoms with van der Waals surface area (Å²) in [5.41, 5.74) is 1.88. The first-order valence-electron chi connectivity index (χ1n) is 9.38. The summed E-state index contributed by atoms with van der Waals surface area (Å²) in [6.07, 6.45) is 6.35. The van der Waals surface area contributed by atoms with Crippen molar-refractivity contribution in [3.8, 4) is 17.2 Å². The Balaban J connectivity index is 2.19. The van der Waals surface area contributed by atoms with E-state index < -0.39 is 5.63 Å². The number of aromatic hydroxyl groups is 1. The molecule has 0 aliphatic rings. The summed E-state index contributed by atoms with van der Waals surface area (Å²) in [6.45, 7) is 6.55. The SMILES string of the molecule is CC(C)=CCC/C(C)=C/COc1c(O)c2c(OCCCO)cccc2oc1=O. The van der Waals surface area contributed by atoms with Crippen molar-refractivity contribution >= 4 is 11.0 Å². The molecule has 2 N–H and O–H groups in total. The number of hydrogen-bond acceptors (Lipinski definition) is 6. The predicted molar refractivity (Wildman–Crippen MR) is 109 cm³/mol. The third-order valence-corrected chi connectivity index (χ3v) is 4.14. The summed E-state index contributed by atoms with van der Waals surface area (Å²) in [5, 5.41) is 19.8. The summed E-state index contributed by atoms with van der Waals surface area (Å²) in [4.78, 5) is 12.2. The molecule has 0 fully saturated rings. The molecule has 6 heteroatoms. The quantitative estimate of drug-likeness (QED) is 0.358. The van der Waals surface area contributed by atoms with Gasteiger partial charge in [0.15, 0.2) is 5.75 Å². The van der Waals surface area contributed by atoms with Crippen LogP contribution in [0.5, 0.6) is 17.2 Å². The molecule has 0 aliphatic carbocycles. The van der Waals surface area contributed by atoms with Gasteiger partial charge in [0, 0.05) is 13.0 Å². The molecule has 0 radical (unpaired) electrons. The highest BCUT2D eigenvalue weighted by molar-refractivity contribution is 5.91. The zero-order valence-electron chi connectivity index (χ0n) is 16.7. The standard InChI is InChI=1S/C22H28O6/c1-15(2)7-4-8-16(3)11-14-27-21-20(24)19-17(26-13-6-12-23)9-5-10-18(19)28-22(21)25/h5,7,9-11,23-24H,4,6,8,12-14H2,1-3H3/b16-11+. The first-order valence-corrected chi connectivity index (χ1v) is 9.38. The summed E-state index contributed by atoms with van der Waals surface area (Å²) in [7, 11) is 0. The van der Waals surface area contributed by atoms with Crippen LogP contribution in [-0.4, -0.2) is 30.0 Å². The van der Waals surface area contributed by atoms with Gasteiger partial charge in [0.05, 0.1) is 6.61 Å². The zero-order valence-corrected chi connectivity index (χ0v) is 16.7. The molecule has 0 spiro atoms. The molecule has 152 valence electrons. The van der Waals surface area contributed by atoms with Gasteiger partial charge < -0.3 is 24.1 Å². The summed E-state index contributed by atoms with van der Waals surface area (Å²) in [6, 6.07) is 4.90. The van der Waals surface area contributed by atoms with Crippen molar-refractivity contribution in [3.05, 3.63) is 51.9 Å². The third-order valence-electron chi connectivity index (χ3n) is 4.14. The average molecular weight is 388 g/mol. The predicted octanol–water partition coefficient (Wildman–Crippen LogP) is 4.33. The minimum atomic E-state index is -0.742. The average Bonchev–Trinajstić information content (AvgIpc) is 2.64. The maximum atomic E-state index is 12.2. The Bertz CT molecular complexity index is 903. The molecule has 0 atom stereocenters. The second-order valence-corrected chi connectivity index (χ2v) is 6.80. The van der Waals surface area contributed by atoms with Gasteiger partial charge in [0.2, 0.25) is 5.75 Å². The number of benzene rings is 1. The Morgan fingerprint density at radius 2 is 1.96 bits per heavy atom. The smallest absolute Gasteiger partial charge is 0.383 e. The van der Waals surface area contributed by atoms with Gasteiger partial charge in [-0.15, -0.1) is 0 Å². The van der Waals surface area contributed by atoms with Gasteiger partial charge in [0.25, 0.3) is 0 Å². The van der Waals surface area contributed by atoms with Crippen LogP contribution in [0.25, 0.3) is 11.0 Å². The van der Waals surface area contributed by atoms with E-state index in [1.165, 1.54) is 5.57 Å². The van der Waals surface area contributed by atoms with Crippen molar-refractivity contribution in [2.24, 2.45) is 0 Å². The number of fused-ring (bicyclic) bond motifs is 1. The molecule has 0 amide bonds. The largest absolute Gasteiger partial charge is 0.503 e. The number of rotatable bonds is 10. The molecule has 1 aromatic carbocycles. The van der Waals surface area contributed by atoms with Crippen LogP contribution < -0.4 is 15.1 Å². The van der Waals surface area contributed by atoms with E-state index in [1.54, 1.807) is 18.2 Å². The van der Waals surface area contributed by atoms with Crippen LogP contribution >= 0.6 is 0 Å². The molecule has 2 aromatic rings. The lowest BCUT2D eigenvalue weighted by Gasteiger charge is -2.11. The molecule has 0 unspecified atom stereocenters. The van der Waals surface area contributed by atoms with Gasteiger partial charge in [0.1, 0.15) is 23.3 Å². The fraction of sp³-hybridized carbons (Fsp3) is 0.409. The van der Waals surface area contributed by atoms with E-state index in [-0.39, 0.29) is 42.3 Å². The molecule has 0 saturated heterocycles. The minimum Gasteiger partial charge on any atom is -0.503 e. The van der Waals surface area contributed by atoms with Crippen molar-refractivity contribution < 1.29 is 24.1 Å². The Hall–Kier alpha value is -2.73. The maximum Gasteiger partial charge on any atom is 0.383 e. The number of aliphatic hydroxyl groups is 1. The van der Waals surface area contributed by atoms with Crippen LogP contribution in [0.1, 0.15) is 40.0 Å². The Morgan fingerprint density at radius 1 is 1.18 bits per heavy atom. The first kappa shape index (κ1) is 21.6. The fourth-order valence-electron chi connectivity index (χ4n) is 2.64. The lowest BCUT2D eigenvalue weighted by atomic mass is 10.1. The third kappa shape index (κ3) is 5.89. The lowest BCUT2D eigenvalue weighted by Crippen LogP contribution is -2.08. The van der Waals surface area contributed by atoms with Gasteiger partial charge in [-0.2, -0.15) is 0 Å². The molecule has 1 heterocycles. The highest BCUT2D eigenvalue weighted by atomic mass is 16.5. The highest BCUT2D eigenvalue weighted by Gasteiger charge is 2.18. The first-order chi connectivity index (χ1) is 13.4. The molecule has 28 heavy (non-hydrogen) atoms. The van der Waals surface area contributed by atoms with E-state index in [9.17, 15) is 9.90 Å². The van der Waals surface area contributed by atoms with E-state index in [4.69, 9.17) is 19.0 Å². The number of hydrogen-bond donors (Lipinski definition) is 2. The lowest BCUT2D eigenvalue weighted by molar-refractivity contribution is 0.234. The van der Waals surface area contributed by atoms with E-state index in [0.29, 0.717) is 12.2 Å². The van der Waals surface area contributed by atoms with E-state index in [2.05, 4.69) is 19.9 Å². The topological polar surface area (TPSA) is 89.1 Å². The molecule has 0 aliphatic heterocycles. The van der Waals surface area contributed by atoms with Gasteiger partial charge in [-0.3, -0.25) is 0 Å². The Morgan fingerprint density at radius 3 is 2.68 bits per heavy atom. The Kier molecular flexibility index (Phi) is 8.14. The number of aliphatic hydroxyl groups excluding tert-OH is 1. The Labute approximate surface area is 164 Å².